The molecule has 0 spiro atoms. The highest BCUT2D eigenvalue weighted by atomic mass is 16.6. The Bertz CT molecular complexity index is 1540. The van der Waals surface area contributed by atoms with Gasteiger partial charge in [0.2, 0.25) is 0 Å². The number of furan rings is 1. The molecule has 0 unspecified atom stereocenters. The van der Waals surface area contributed by atoms with Crippen molar-refractivity contribution in [3.8, 4) is 5.75 Å². The van der Waals surface area contributed by atoms with Gasteiger partial charge >= 0.3 is 5.97 Å². The highest BCUT2D eigenvalue weighted by Gasteiger charge is 2.14. The van der Waals surface area contributed by atoms with E-state index in [1.807, 2.05) is 18.2 Å². The van der Waals surface area contributed by atoms with E-state index in [1.165, 1.54) is 54.8 Å². The average Bonchev–Trinajstić information content (AvgIpc) is 3.49. The molecule has 1 heterocycles. The fourth-order valence-corrected chi connectivity index (χ4v) is 3.24. The number of nitro groups is 1. The lowest BCUT2D eigenvalue weighted by molar-refractivity contribution is -0.384. The Morgan fingerprint density at radius 2 is 1.69 bits per heavy atom. The second-order valence-electron chi connectivity index (χ2n) is 7.85. The number of hydrogen-bond donors (Lipinski definition) is 2. The molecule has 0 saturated carbocycles. The second kappa shape index (κ2) is 12.4. The number of nitrogens with one attached hydrogen (secondary N) is 2. The minimum atomic E-state index is -0.703. The Balaban J connectivity index is 1.41. The van der Waals surface area contributed by atoms with Crippen LogP contribution >= 0.6 is 0 Å². The Labute approximate surface area is 221 Å². The van der Waals surface area contributed by atoms with Gasteiger partial charge < -0.3 is 14.5 Å². The third kappa shape index (κ3) is 7.33. The minimum absolute atomic E-state index is 0.0120. The molecule has 0 aliphatic rings. The van der Waals surface area contributed by atoms with Crippen LogP contribution in [-0.2, 0) is 4.79 Å². The van der Waals surface area contributed by atoms with Crippen molar-refractivity contribution < 1.29 is 28.5 Å². The van der Waals surface area contributed by atoms with E-state index in [-0.39, 0.29) is 28.3 Å². The van der Waals surface area contributed by atoms with Crippen molar-refractivity contribution in [1.29, 1.82) is 0 Å². The lowest BCUT2D eigenvalue weighted by Gasteiger charge is -2.06. The van der Waals surface area contributed by atoms with Crippen molar-refractivity contribution >= 4 is 41.4 Å². The van der Waals surface area contributed by atoms with Crippen LogP contribution in [0.3, 0.4) is 0 Å². The van der Waals surface area contributed by atoms with Gasteiger partial charge in [0, 0.05) is 35.0 Å². The van der Waals surface area contributed by atoms with Gasteiger partial charge in [-0.25, -0.2) is 10.2 Å². The summed E-state index contributed by atoms with van der Waals surface area (Å²) in [5.74, 6) is -1.57. The molecule has 1 aromatic heterocycles. The van der Waals surface area contributed by atoms with Gasteiger partial charge in [0.25, 0.3) is 17.5 Å². The van der Waals surface area contributed by atoms with Gasteiger partial charge in [-0.3, -0.25) is 19.7 Å². The molecular formula is C28H20N4O7. The maximum Gasteiger partial charge on any atom is 0.336 e. The number of benzene rings is 3. The molecule has 194 valence electrons. The molecule has 11 nitrogen and oxygen atoms in total. The summed E-state index contributed by atoms with van der Waals surface area (Å²) in [6, 6.07) is 21.8. The summed E-state index contributed by atoms with van der Waals surface area (Å²) in [5, 5.41) is 17.7. The number of non-ortho nitro benzene ring substituents is 1. The first kappa shape index (κ1) is 26.2. The van der Waals surface area contributed by atoms with E-state index < -0.39 is 22.7 Å². The summed E-state index contributed by atoms with van der Waals surface area (Å²) in [4.78, 5) is 47.4. The number of nitrogens with zero attached hydrogens (tertiary/aromatic N) is 2. The first-order chi connectivity index (χ1) is 18.9. The van der Waals surface area contributed by atoms with Crippen LogP contribution in [0.25, 0.3) is 6.08 Å². The average molecular weight is 524 g/mol. The summed E-state index contributed by atoms with van der Waals surface area (Å²) < 4.78 is 10.4. The van der Waals surface area contributed by atoms with E-state index in [0.717, 1.165) is 17.8 Å². The van der Waals surface area contributed by atoms with E-state index in [2.05, 4.69) is 15.8 Å². The highest BCUT2D eigenvalue weighted by molar-refractivity contribution is 6.02. The number of hydrazone groups is 1. The molecule has 4 rings (SSSR count). The van der Waals surface area contributed by atoms with Crippen molar-refractivity contribution in [3.63, 3.8) is 0 Å². The quantitative estimate of drug-likeness (QED) is 0.0794. The highest BCUT2D eigenvalue weighted by Crippen LogP contribution is 2.23. The zero-order chi connectivity index (χ0) is 27.6. The van der Waals surface area contributed by atoms with Gasteiger partial charge in [-0.2, -0.15) is 5.10 Å². The van der Waals surface area contributed by atoms with Crippen LogP contribution in [-0.4, -0.2) is 28.9 Å². The monoisotopic (exact) mass is 524 g/mol. The van der Waals surface area contributed by atoms with Crippen molar-refractivity contribution in [1.82, 2.24) is 5.43 Å². The Hall–Kier alpha value is -5.84. The van der Waals surface area contributed by atoms with Gasteiger partial charge in [0.15, 0.2) is 5.76 Å². The molecule has 11 heteroatoms. The Morgan fingerprint density at radius 3 is 2.38 bits per heavy atom. The molecule has 0 aliphatic carbocycles. The van der Waals surface area contributed by atoms with Crippen LogP contribution in [0.1, 0.15) is 32.0 Å². The number of carbonyl (C=O) groups excluding carboxylic acids is 3. The number of hydrogen-bond acceptors (Lipinski definition) is 8. The smallest absolute Gasteiger partial charge is 0.336 e. The predicted molar refractivity (Wildman–Crippen MR) is 142 cm³/mol. The summed E-state index contributed by atoms with van der Waals surface area (Å²) in [5.41, 5.74) is 3.62. The number of ether oxygens (including phenoxy) is 1. The number of carbonyl (C=O) groups is 3. The van der Waals surface area contributed by atoms with Gasteiger partial charge in [-0.15, -0.1) is 0 Å². The maximum atomic E-state index is 12.5. The van der Waals surface area contributed by atoms with Crippen LogP contribution in [0, 0.1) is 10.1 Å². The van der Waals surface area contributed by atoms with E-state index in [1.54, 1.807) is 24.3 Å². The third-order valence-electron chi connectivity index (χ3n) is 5.15. The van der Waals surface area contributed by atoms with Crippen molar-refractivity contribution in [2.24, 2.45) is 5.10 Å². The molecular weight excluding hydrogens is 504 g/mol. The SMILES string of the molecule is O=C(/C=C/c1ccccc1)Oc1ccc([N+](=O)[O-])cc1/C=N/NC(=O)c1ccc(NC(=O)c2ccco2)cc1. The van der Waals surface area contributed by atoms with Crippen LogP contribution < -0.4 is 15.5 Å². The van der Waals surface area contributed by atoms with E-state index >= 15 is 0 Å². The number of amides is 2. The molecule has 0 fully saturated rings. The lowest BCUT2D eigenvalue weighted by Crippen LogP contribution is -2.18. The first-order valence-corrected chi connectivity index (χ1v) is 11.4. The molecule has 3 aromatic carbocycles. The molecule has 0 aliphatic heterocycles. The molecule has 39 heavy (non-hydrogen) atoms. The number of nitro benzene ring substituents is 1. The van der Waals surface area contributed by atoms with Crippen LogP contribution in [0.2, 0.25) is 0 Å². The fourth-order valence-electron chi connectivity index (χ4n) is 3.24. The second-order valence-corrected chi connectivity index (χ2v) is 7.85. The lowest BCUT2D eigenvalue weighted by atomic mass is 10.2. The topological polar surface area (TPSA) is 153 Å². The van der Waals surface area contributed by atoms with Gasteiger partial charge in [-0.05, 0) is 54.1 Å². The normalized spacial score (nSPS) is 10.9. The Kier molecular flexibility index (Phi) is 8.35. The molecule has 2 amide bonds. The largest absolute Gasteiger partial charge is 0.459 e. The molecule has 0 radical (unpaired) electrons. The minimum Gasteiger partial charge on any atom is -0.459 e. The summed E-state index contributed by atoms with van der Waals surface area (Å²) in [6.45, 7) is 0. The first-order valence-electron chi connectivity index (χ1n) is 11.4. The van der Waals surface area contributed by atoms with Crippen molar-refractivity contribution in [2.45, 2.75) is 0 Å². The van der Waals surface area contributed by atoms with Crippen LogP contribution in [0.15, 0.2) is 107 Å². The predicted octanol–water partition coefficient (Wildman–Crippen LogP) is 4.82. The van der Waals surface area contributed by atoms with Crippen molar-refractivity contribution in [3.05, 3.63) is 130 Å². The number of esters is 1. The zero-order valence-corrected chi connectivity index (χ0v) is 20.1. The molecule has 2 N–H and O–H groups in total. The van der Waals surface area contributed by atoms with Crippen LogP contribution in [0.5, 0.6) is 5.75 Å². The standard InChI is InChI=1S/C28H20N4O7/c33-26(15-8-19-5-2-1-3-6-19)39-24-14-13-23(32(36)37)17-21(24)18-29-31-27(34)20-9-11-22(12-10-20)30-28(35)25-7-4-16-38-25/h1-18H,(H,30,35)(H,31,34)/b15-8+,29-18+. The third-order valence-corrected chi connectivity index (χ3v) is 5.15. The van der Waals surface area contributed by atoms with Gasteiger partial charge in [0.05, 0.1) is 17.4 Å². The van der Waals surface area contributed by atoms with Crippen LogP contribution in [0.4, 0.5) is 11.4 Å². The molecule has 0 saturated heterocycles. The molecule has 0 atom stereocenters. The molecule has 0 bridgehead atoms. The van der Waals surface area contributed by atoms with E-state index in [0.29, 0.717) is 5.69 Å². The van der Waals surface area contributed by atoms with Crippen molar-refractivity contribution in [2.75, 3.05) is 5.32 Å². The van der Waals surface area contributed by atoms with Gasteiger partial charge in [0.1, 0.15) is 5.75 Å². The summed E-state index contributed by atoms with van der Waals surface area (Å²) >= 11 is 0. The Morgan fingerprint density at radius 1 is 0.923 bits per heavy atom. The van der Waals surface area contributed by atoms with Gasteiger partial charge in [-0.1, -0.05) is 30.3 Å². The van der Waals surface area contributed by atoms with E-state index in [9.17, 15) is 24.5 Å². The maximum absolute atomic E-state index is 12.5. The number of rotatable bonds is 9. The zero-order valence-electron chi connectivity index (χ0n) is 20.1. The summed E-state index contributed by atoms with van der Waals surface area (Å²) in [6.07, 6.45) is 5.30. The van der Waals surface area contributed by atoms with E-state index in [4.69, 9.17) is 9.15 Å². The number of anilines is 1. The molecule has 4 aromatic rings. The fraction of sp³-hybridized carbons (Fsp3) is 0. The summed E-state index contributed by atoms with van der Waals surface area (Å²) in [7, 11) is 0.